The Morgan fingerprint density at radius 1 is 0.947 bits per heavy atom. The highest BCUT2D eigenvalue weighted by atomic mass is 14.9. The number of nitrogens with one attached hydrogen (secondary N) is 1. The van der Waals surface area contributed by atoms with Gasteiger partial charge in [0.15, 0.2) is 0 Å². The molecule has 0 saturated heterocycles. The molecule has 112 valence electrons. The van der Waals surface area contributed by atoms with Gasteiger partial charge in [-0.1, -0.05) is 58.8 Å². The van der Waals surface area contributed by atoms with E-state index in [1.165, 1.54) is 70.6 Å². The summed E-state index contributed by atoms with van der Waals surface area (Å²) in [5.74, 6) is 3.01. The van der Waals surface area contributed by atoms with Gasteiger partial charge in [-0.3, -0.25) is 0 Å². The van der Waals surface area contributed by atoms with Crippen LogP contribution in [-0.2, 0) is 0 Å². The Morgan fingerprint density at radius 2 is 1.63 bits per heavy atom. The monoisotopic (exact) mass is 265 g/mol. The van der Waals surface area contributed by atoms with Gasteiger partial charge in [0.25, 0.3) is 0 Å². The van der Waals surface area contributed by atoms with Crippen molar-refractivity contribution in [1.82, 2.24) is 5.32 Å². The van der Waals surface area contributed by atoms with E-state index in [-0.39, 0.29) is 0 Å². The van der Waals surface area contributed by atoms with Gasteiger partial charge in [-0.15, -0.1) is 0 Å². The topological polar surface area (TPSA) is 12.0 Å². The normalized spacial score (nSPS) is 31.3. The largest absolute Gasteiger partial charge is 0.314 e. The number of hydrogen-bond acceptors (Lipinski definition) is 1. The summed E-state index contributed by atoms with van der Waals surface area (Å²) < 4.78 is 0. The van der Waals surface area contributed by atoms with E-state index >= 15 is 0 Å². The lowest BCUT2D eigenvalue weighted by Gasteiger charge is -2.34. The van der Waals surface area contributed by atoms with Gasteiger partial charge in [-0.05, 0) is 50.0 Å². The van der Waals surface area contributed by atoms with Crippen LogP contribution in [0.5, 0.6) is 0 Å². The van der Waals surface area contributed by atoms with Crippen LogP contribution in [0.15, 0.2) is 0 Å². The molecule has 2 aliphatic carbocycles. The summed E-state index contributed by atoms with van der Waals surface area (Å²) in [5.41, 5.74) is 0. The molecule has 1 heteroatoms. The van der Waals surface area contributed by atoms with Crippen LogP contribution in [0, 0.1) is 17.8 Å². The summed E-state index contributed by atoms with van der Waals surface area (Å²) >= 11 is 0. The van der Waals surface area contributed by atoms with Crippen molar-refractivity contribution in [1.29, 1.82) is 0 Å². The molecule has 1 atom stereocenters. The van der Waals surface area contributed by atoms with Crippen molar-refractivity contribution in [2.75, 3.05) is 6.54 Å². The van der Waals surface area contributed by atoms with Crippen LogP contribution < -0.4 is 5.32 Å². The van der Waals surface area contributed by atoms with E-state index in [9.17, 15) is 0 Å². The summed E-state index contributed by atoms with van der Waals surface area (Å²) in [6.45, 7) is 5.86. The van der Waals surface area contributed by atoms with Crippen LogP contribution in [0.2, 0.25) is 0 Å². The quantitative estimate of drug-likeness (QED) is 0.700. The second kappa shape index (κ2) is 8.29. The molecular weight excluding hydrogens is 230 g/mol. The maximum Gasteiger partial charge on any atom is 0.00953 e. The molecular formula is C18H35N. The number of hydrogen-bond donors (Lipinski definition) is 1. The van der Waals surface area contributed by atoms with Gasteiger partial charge in [0.05, 0.1) is 0 Å². The molecule has 2 aliphatic rings. The van der Waals surface area contributed by atoms with Crippen LogP contribution in [0.3, 0.4) is 0 Å². The summed E-state index contributed by atoms with van der Waals surface area (Å²) in [5, 5.41) is 3.81. The summed E-state index contributed by atoms with van der Waals surface area (Å²) in [6.07, 6.45) is 16.3. The fourth-order valence-corrected chi connectivity index (χ4v) is 4.35. The first-order valence-corrected chi connectivity index (χ1v) is 9.03. The highest BCUT2D eigenvalue weighted by molar-refractivity contribution is 4.82. The fourth-order valence-electron chi connectivity index (χ4n) is 4.35. The minimum atomic E-state index is 0.819. The van der Waals surface area contributed by atoms with Gasteiger partial charge < -0.3 is 5.32 Å². The van der Waals surface area contributed by atoms with Gasteiger partial charge in [-0.2, -0.15) is 0 Å². The lowest BCUT2D eigenvalue weighted by Crippen LogP contribution is -2.38. The van der Waals surface area contributed by atoms with Crippen LogP contribution in [-0.4, -0.2) is 12.6 Å². The molecule has 1 N–H and O–H groups in total. The maximum atomic E-state index is 3.81. The molecule has 0 aromatic carbocycles. The van der Waals surface area contributed by atoms with Crippen molar-refractivity contribution in [3.63, 3.8) is 0 Å². The Hall–Kier alpha value is -0.0400. The predicted octanol–water partition coefficient (Wildman–Crippen LogP) is 5.15. The first-order chi connectivity index (χ1) is 9.29. The molecule has 0 aromatic rings. The predicted molar refractivity (Wildman–Crippen MR) is 84.4 cm³/mol. The smallest absolute Gasteiger partial charge is 0.00953 e. The SMILES string of the molecule is CCNC(CCC1CCCCC1)C1CCC(C)CC1. The van der Waals surface area contributed by atoms with Crippen molar-refractivity contribution < 1.29 is 0 Å². The molecule has 0 aromatic heterocycles. The molecule has 0 bridgehead atoms. The molecule has 2 saturated carbocycles. The third-order valence-electron chi connectivity index (χ3n) is 5.71. The summed E-state index contributed by atoms with van der Waals surface area (Å²) in [4.78, 5) is 0. The Labute approximate surface area is 120 Å². The Kier molecular flexibility index (Phi) is 6.70. The minimum absolute atomic E-state index is 0.819. The van der Waals surface area contributed by atoms with Gasteiger partial charge >= 0.3 is 0 Å². The van der Waals surface area contributed by atoms with Gasteiger partial charge in [0, 0.05) is 6.04 Å². The lowest BCUT2D eigenvalue weighted by atomic mass is 9.76. The highest BCUT2D eigenvalue weighted by Gasteiger charge is 2.26. The second-order valence-electron chi connectivity index (χ2n) is 7.27. The molecule has 0 aliphatic heterocycles. The average Bonchev–Trinajstić information content (AvgIpc) is 2.46. The standard InChI is InChI=1S/C18H35N/c1-3-19-18(17-12-9-15(2)10-13-17)14-11-16-7-5-4-6-8-16/h15-19H,3-14H2,1-2H3. The molecule has 0 radical (unpaired) electrons. The van der Waals surface area contributed by atoms with Crippen LogP contribution in [0.4, 0.5) is 0 Å². The maximum absolute atomic E-state index is 3.81. The van der Waals surface area contributed by atoms with Crippen molar-refractivity contribution in [2.24, 2.45) is 17.8 Å². The molecule has 19 heavy (non-hydrogen) atoms. The average molecular weight is 265 g/mol. The Balaban J connectivity index is 1.74. The van der Waals surface area contributed by atoms with E-state index in [4.69, 9.17) is 0 Å². The van der Waals surface area contributed by atoms with Crippen molar-refractivity contribution in [2.45, 2.75) is 90.5 Å². The van der Waals surface area contributed by atoms with E-state index in [0.29, 0.717) is 0 Å². The van der Waals surface area contributed by atoms with E-state index in [1.54, 1.807) is 0 Å². The minimum Gasteiger partial charge on any atom is -0.314 e. The van der Waals surface area contributed by atoms with E-state index in [2.05, 4.69) is 19.2 Å². The zero-order valence-corrected chi connectivity index (χ0v) is 13.3. The first kappa shape index (κ1) is 15.4. The first-order valence-electron chi connectivity index (χ1n) is 9.03. The van der Waals surface area contributed by atoms with Crippen LogP contribution in [0.1, 0.15) is 84.5 Å². The molecule has 1 nitrogen and oxygen atoms in total. The zero-order valence-electron chi connectivity index (χ0n) is 13.3. The molecule has 0 spiro atoms. The molecule has 2 fully saturated rings. The Bertz CT molecular complexity index is 224. The summed E-state index contributed by atoms with van der Waals surface area (Å²) in [7, 11) is 0. The summed E-state index contributed by atoms with van der Waals surface area (Å²) in [6, 6.07) is 0.819. The van der Waals surface area contributed by atoms with Crippen molar-refractivity contribution in [3.8, 4) is 0 Å². The van der Waals surface area contributed by atoms with Crippen LogP contribution in [0.25, 0.3) is 0 Å². The van der Waals surface area contributed by atoms with E-state index in [1.807, 2.05) is 0 Å². The number of rotatable bonds is 6. The third-order valence-corrected chi connectivity index (χ3v) is 5.71. The third kappa shape index (κ3) is 5.10. The molecule has 0 heterocycles. The zero-order chi connectivity index (χ0) is 13.5. The highest BCUT2D eigenvalue weighted by Crippen LogP contribution is 2.34. The van der Waals surface area contributed by atoms with E-state index < -0.39 is 0 Å². The molecule has 0 amide bonds. The lowest BCUT2D eigenvalue weighted by molar-refractivity contribution is 0.209. The van der Waals surface area contributed by atoms with Crippen molar-refractivity contribution in [3.05, 3.63) is 0 Å². The molecule has 2 rings (SSSR count). The van der Waals surface area contributed by atoms with Crippen molar-refractivity contribution >= 4 is 0 Å². The van der Waals surface area contributed by atoms with Crippen LogP contribution >= 0.6 is 0 Å². The molecule has 1 unspecified atom stereocenters. The Morgan fingerprint density at radius 3 is 2.26 bits per heavy atom. The van der Waals surface area contributed by atoms with Gasteiger partial charge in [0.1, 0.15) is 0 Å². The van der Waals surface area contributed by atoms with E-state index in [0.717, 1.165) is 30.3 Å². The van der Waals surface area contributed by atoms with Gasteiger partial charge in [-0.25, -0.2) is 0 Å². The van der Waals surface area contributed by atoms with Gasteiger partial charge in [0.2, 0.25) is 0 Å². The second-order valence-corrected chi connectivity index (χ2v) is 7.27. The fraction of sp³-hybridized carbons (Fsp3) is 1.00.